The second-order valence-corrected chi connectivity index (χ2v) is 8.11. The van der Waals surface area contributed by atoms with Crippen LogP contribution in [0.4, 0.5) is 0 Å². The van der Waals surface area contributed by atoms with Crippen LogP contribution in [0.15, 0.2) is 23.2 Å². The van der Waals surface area contributed by atoms with Crippen LogP contribution in [0, 0.1) is 18.8 Å². The van der Waals surface area contributed by atoms with Crippen LogP contribution < -0.4 is 15.4 Å². The Labute approximate surface area is 165 Å². The minimum atomic E-state index is 0.702. The van der Waals surface area contributed by atoms with Gasteiger partial charge in [0.05, 0.1) is 7.11 Å². The fourth-order valence-electron chi connectivity index (χ4n) is 3.88. The molecule has 0 aliphatic carbocycles. The second-order valence-electron chi connectivity index (χ2n) is 8.11. The fourth-order valence-corrected chi connectivity index (χ4v) is 3.88. The Morgan fingerprint density at radius 1 is 1.33 bits per heavy atom. The molecular weight excluding hydrogens is 336 g/mol. The maximum absolute atomic E-state index is 5.47. The first-order chi connectivity index (χ1) is 13.0. The molecule has 1 heterocycles. The molecule has 1 aliphatic heterocycles. The van der Waals surface area contributed by atoms with Crippen LogP contribution >= 0.6 is 0 Å². The lowest BCUT2D eigenvalue weighted by Gasteiger charge is -2.34. The number of methoxy groups -OCH3 is 1. The van der Waals surface area contributed by atoms with Crippen LogP contribution in [0.1, 0.15) is 37.8 Å². The minimum Gasteiger partial charge on any atom is -0.496 e. The van der Waals surface area contributed by atoms with Crippen LogP contribution in [-0.2, 0) is 6.42 Å². The third kappa shape index (κ3) is 7.41. The monoisotopic (exact) mass is 374 g/mol. The van der Waals surface area contributed by atoms with Crippen LogP contribution in [0.2, 0.25) is 0 Å². The summed E-state index contributed by atoms with van der Waals surface area (Å²) in [5, 5.41) is 6.96. The van der Waals surface area contributed by atoms with Crippen molar-refractivity contribution >= 4 is 5.96 Å². The number of guanidine groups is 1. The molecule has 1 atom stereocenters. The van der Waals surface area contributed by atoms with E-state index in [2.05, 4.69) is 53.4 Å². The van der Waals surface area contributed by atoms with Crippen molar-refractivity contribution in [3.05, 3.63) is 29.3 Å². The third-order valence-corrected chi connectivity index (χ3v) is 5.13. The highest BCUT2D eigenvalue weighted by Gasteiger charge is 2.20. The van der Waals surface area contributed by atoms with Gasteiger partial charge in [0, 0.05) is 33.2 Å². The molecule has 0 spiro atoms. The molecule has 27 heavy (non-hydrogen) atoms. The molecule has 0 bridgehead atoms. The van der Waals surface area contributed by atoms with Crippen molar-refractivity contribution in [1.29, 1.82) is 0 Å². The number of hydrogen-bond acceptors (Lipinski definition) is 3. The van der Waals surface area contributed by atoms with E-state index in [1.807, 2.05) is 13.1 Å². The summed E-state index contributed by atoms with van der Waals surface area (Å²) in [6.07, 6.45) is 3.52. The molecular formula is C22H38N4O. The number of ether oxygens (including phenoxy) is 1. The molecule has 0 aromatic heterocycles. The highest BCUT2D eigenvalue weighted by molar-refractivity contribution is 5.79. The van der Waals surface area contributed by atoms with E-state index in [0.29, 0.717) is 5.92 Å². The number of nitrogens with one attached hydrogen (secondary N) is 2. The van der Waals surface area contributed by atoms with Gasteiger partial charge in [-0.15, -0.1) is 0 Å². The lowest BCUT2D eigenvalue weighted by Crippen LogP contribution is -2.45. The Bertz CT molecular complexity index is 600. The molecule has 5 nitrogen and oxygen atoms in total. The summed E-state index contributed by atoms with van der Waals surface area (Å²) in [7, 11) is 3.57. The summed E-state index contributed by atoms with van der Waals surface area (Å²) < 4.78 is 5.47. The largest absolute Gasteiger partial charge is 0.496 e. The number of aryl methyl sites for hydroxylation is 1. The smallest absolute Gasteiger partial charge is 0.190 e. The lowest BCUT2D eigenvalue weighted by atomic mass is 9.97. The molecule has 0 radical (unpaired) electrons. The van der Waals surface area contributed by atoms with E-state index >= 15 is 0 Å². The van der Waals surface area contributed by atoms with E-state index in [1.165, 1.54) is 43.6 Å². The first kappa shape index (κ1) is 21.5. The summed E-state index contributed by atoms with van der Waals surface area (Å²) in [5.74, 6) is 3.29. The number of piperidine rings is 1. The molecule has 1 aromatic rings. The highest BCUT2D eigenvalue weighted by Crippen LogP contribution is 2.20. The molecule has 1 saturated heterocycles. The van der Waals surface area contributed by atoms with Crippen molar-refractivity contribution in [3.63, 3.8) is 0 Å². The Morgan fingerprint density at radius 2 is 2.15 bits per heavy atom. The average molecular weight is 375 g/mol. The highest BCUT2D eigenvalue weighted by atomic mass is 16.5. The van der Waals surface area contributed by atoms with E-state index < -0.39 is 0 Å². The lowest BCUT2D eigenvalue weighted by molar-refractivity contribution is 0.159. The molecule has 152 valence electrons. The molecule has 1 aromatic carbocycles. The van der Waals surface area contributed by atoms with E-state index in [0.717, 1.165) is 37.1 Å². The van der Waals surface area contributed by atoms with Crippen molar-refractivity contribution < 1.29 is 4.74 Å². The Hall–Kier alpha value is -1.75. The van der Waals surface area contributed by atoms with E-state index in [4.69, 9.17) is 4.74 Å². The van der Waals surface area contributed by atoms with E-state index in [9.17, 15) is 0 Å². The Morgan fingerprint density at radius 3 is 2.85 bits per heavy atom. The number of aliphatic imine (C=N–C) groups is 1. The summed E-state index contributed by atoms with van der Waals surface area (Å²) in [5.41, 5.74) is 2.49. The Kier molecular flexibility index (Phi) is 8.92. The van der Waals surface area contributed by atoms with Crippen LogP contribution in [-0.4, -0.2) is 57.7 Å². The van der Waals surface area contributed by atoms with Crippen LogP contribution in [0.5, 0.6) is 5.75 Å². The number of likely N-dealkylation sites (tertiary alicyclic amines) is 1. The third-order valence-electron chi connectivity index (χ3n) is 5.13. The van der Waals surface area contributed by atoms with Gasteiger partial charge in [-0.25, -0.2) is 0 Å². The van der Waals surface area contributed by atoms with Gasteiger partial charge < -0.3 is 20.3 Å². The average Bonchev–Trinajstić information content (AvgIpc) is 2.64. The maximum atomic E-state index is 5.47. The summed E-state index contributed by atoms with van der Waals surface area (Å²) in [4.78, 5) is 6.99. The van der Waals surface area contributed by atoms with Gasteiger partial charge in [-0.3, -0.25) is 4.99 Å². The standard InChI is InChI=1S/C22H38N4O/c1-17(2)15-26-12-6-7-19(16-26)14-25-22(23-4)24-11-10-20-13-18(3)8-9-21(20)27-5/h8-9,13,17,19H,6-7,10-12,14-16H2,1-5H3,(H2,23,24,25). The number of rotatable bonds is 8. The summed E-state index contributed by atoms with van der Waals surface area (Å²) >= 11 is 0. The molecule has 1 aliphatic rings. The van der Waals surface area contributed by atoms with Gasteiger partial charge in [-0.2, -0.15) is 0 Å². The first-order valence-corrected chi connectivity index (χ1v) is 10.3. The summed E-state index contributed by atoms with van der Waals surface area (Å²) in [6, 6.07) is 6.33. The van der Waals surface area contributed by atoms with Crippen molar-refractivity contribution in [3.8, 4) is 5.75 Å². The fraction of sp³-hybridized carbons (Fsp3) is 0.682. The minimum absolute atomic E-state index is 0.702. The molecule has 0 saturated carbocycles. The van der Waals surface area contributed by atoms with Gasteiger partial charge in [-0.1, -0.05) is 31.5 Å². The van der Waals surface area contributed by atoms with Gasteiger partial charge in [0.25, 0.3) is 0 Å². The molecule has 1 unspecified atom stereocenters. The SMILES string of the molecule is CN=C(NCCc1cc(C)ccc1OC)NCC1CCCN(CC(C)C)C1. The number of hydrogen-bond donors (Lipinski definition) is 2. The summed E-state index contributed by atoms with van der Waals surface area (Å²) in [6.45, 7) is 12.2. The van der Waals surface area contributed by atoms with Crippen molar-refractivity contribution in [2.45, 2.75) is 40.0 Å². The van der Waals surface area contributed by atoms with E-state index in [-0.39, 0.29) is 0 Å². The molecule has 0 amide bonds. The van der Waals surface area contributed by atoms with Crippen molar-refractivity contribution in [2.24, 2.45) is 16.8 Å². The zero-order valence-electron chi connectivity index (χ0n) is 17.8. The van der Waals surface area contributed by atoms with Crippen molar-refractivity contribution in [2.75, 3.05) is 46.9 Å². The van der Waals surface area contributed by atoms with E-state index in [1.54, 1.807) is 7.11 Å². The van der Waals surface area contributed by atoms with Gasteiger partial charge in [0.2, 0.25) is 0 Å². The van der Waals surface area contributed by atoms with Gasteiger partial charge >= 0.3 is 0 Å². The molecule has 2 rings (SSSR count). The number of benzene rings is 1. The molecule has 1 fully saturated rings. The molecule has 5 heteroatoms. The normalized spacial score (nSPS) is 18.6. The zero-order valence-corrected chi connectivity index (χ0v) is 17.8. The van der Waals surface area contributed by atoms with Gasteiger partial charge in [0.15, 0.2) is 5.96 Å². The van der Waals surface area contributed by atoms with Crippen LogP contribution in [0.25, 0.3) is 0 Å². The quantitative estimate of drug-likeness (QED) is 0.542. The van der Waals surface area contributed by atoms with Gasteiger partial charge in [0.1, 0.15) is 5.75 Å². The first-order valence-electron chi connectivity index (χ1n) is 10.3. The predicted molar refractivity (Wildman–Crippen MR) is 115 cm³/mol. The maximum Gasteiger partial charge on any atom is 0.190 e. The topological polar surface area (TPSA) is 48.9 Å². The molecule has 2 N–H and O–H groups in total. The zero-order chi connectivity index (χ0) is 19.6. The van der Waals surface area contributed by atoms with Gasteiger partial charge in [-0.05, 0) is 56.2 Å². The Balaban J connectivity index is 1.75. The van der Waals surface area contributed by atoms with Crippen molar-refractivity contribution in [1.82, 2.24) is 15.5 Å². The second kappa shape index (κ2) is 11.2. The number of nitrogens with zero attached hydrogens (tertiary/aromatic N) is 2. The van der Waals surface area contributed by atoms with Crippen LogP contribution in [0.3, 0.4) is 0 Å². The predicted octanol–water partition coefficient (Wildman–Crippen LogP) is 3.08.